The number of hydrogen-bond donors (Lipinski definition) is 0. The van der Waals surface area contributed by atoms with Gasteiger partial charge in [0.15, 0.2) is 0 Å². The van der Waals surface area contributed by atoms with Crippen LogP contribution in [0.3, 0.4) is 0 Å². The van der Waals surface area contributed by atoms with E-state index in [1.807, 2.05) is 0 Å². The van der Waals surface area contributed by atoms with Crippen molar-refractivity contribution in [2.75, 3.05) is 42.3 Å². The summed E-state index contributed by atoms with van der Waals surface area (Å²) in [5.74, 6) is 1.13. The van der Waals surface area contributed by atoms with Gasteiger partial charge in [0.25, 0.3) is 0 Å². The van der Waals surface area contributed by atoms with Gasteiger partial charge in [-0.15, -0.1) is 0 Å². The molecule has 30 heavy (non-hydrogen) atoms. The third-order valence-corrected chi connectivity index (χ3v) is 13.3. The summed E-state index contributed by atoms with van der Waals surface area (Å²) in [5.41, 5.74) is 3.98. The molecule has 1 unspecified atom stereocenters. The molecule has 2 aliphatic rings. The van der Waals surface area contributed by atoms with Crippen LogP contribution in [0.15, 0.2) is 59.9 Å². The molecular formula is C25H36N3OP. The van der Waals surface area contributed by atoms with E-state index in [2.05, 4.69) is 124 Å². The van der Waals surface area contributed by atoms with Crippen LogP contribution in [-0.2, 0) is 4.52 Å². The van der Waals surface area contributed by atoms with Gasteiger partial charge in [0, 0.05) is 0 Å². The summed E-state index contributed by atoms with van der Waals surface area (Å²) in [6, 6.07) is 19.8. The van der Waals surface area contributed by atoms with E-state index in [9.17, 15) is 0 Å². The van der Waals surface area contributed by atoms with Gasteiger partial charge in [0.2, 0.25) is 0 Å². The molecule has 0 spiro atoms. The summed E-state index contributed by atoms with van der Waals surface area (Å²) in [7, 11) is 9.98. The maximum absolute atomic E-state index is 7.12. The van der Waals surface area contributed by atoms with E-state index in [1.165, 1.54) is 28.4 Å². The van der Waals surface area contributed by atoms with Crippen LogP contribution in [0.5, 0.6) is 0 Å². The topological polar surface area (TPSA) is 19.0 Å². The average Bonchev–Trinajstić information content (AvgIpc) is 3.47. The Bertz CT molecular complexity index is 912. The molecule has 2 aromatic carbocycles. The monoisotopic (exact) mass is 425 g/mol. The summed E-state index contributed by atoms with van der Waals surface area (Å²) in [4.78, 5) is 0. The molecule has 2 fully saturated rings. The van der Waals surface area contributed by atoms with E-state index in [4.69, 9.17) is 4.52 Å². The Morgan fingerprint density at radius 3 is 1.93 bits per heavy atom. The Morgan fingerprint density at radius 1 is 0.833 bits per heavy atom. The molecule has 4 rings (SSSR count). The Balaban J connectivity index is 1.79. The zero-order valence-electron chi connectivity index (χ0n) is 19.4. The molecule has 3 atom stereocenters. The number of rotatable bonds is 6. The molecule has 1 aliphatic heterocycles. The first-order chi connectivity index (χ1) is 14.2. The normalized spacial score (nSPS) is 29.6. The molecule has 2 aromatic rings. The van der Waals surface area contributed by atoms with Crippen LogP contribution in [0.2, 0.25) is 0 Å². The SMILES string of the molecule is Cc1ccc(/C=C2/C([C@@H]3C[C@H]3c3ccccc3)OP2(N(C)C)(N(C)C)N(C)C)cc1. The fourth-order valence-corrected chi connectivity index (χ4v) is 11.3. The van der Waals surface area contributed by atoms with Gasteiger partial charge >= 0.3 is 182 Å². The van der Waals surface area contributed by atoms with Gasteiger partial charge in [-0.3, -0.25) is 0 Å². The average molecular weight is 426 g/mol. The summed E-state index contributed by atoms with van der Waals surface area (Å²) >= 11 is 0. The number of nitrogens with zero attached hydrogens (tertiary/aromatic N) is 3. The molecule has 162 valence electrons. The standard InChI is InChI=1S/C25H36N3OP/c1-19-13-15-20(16-14-19)17-24-25(23-18-22(23)21-11-9-8-10-12-21)29-30(24,26(2)3,27(4)5)28(6)7/h8-17,22-23,25H,18H2,1-7H3/b24-17-/t22-,23+,25?/m0/s1. The summed E-state index contributed by atoms with van der Waals surface area (Å²) in [6.45, 7) is 2.14. The third-order valence-electron chi connectivity index (χ3n) is 7.06. The Hall–Kier alpha value is -1.55. The maximum atomic E-state index is 7.12. The predicted octanol–water partition coefficient (Wildman–Crippen LogP) is 5.44. The second kappa shape index (κ2) is 7.55. The Morgan fingerprint density at radius 2 is 1.40 bits per heavy atom. The molecule has 1 saturated carbocycles. The number of benzene rings is 2. The first-order valence-electron chi connectivity index (χ1n) is 10.8. The summed E-state index contributed by atoms with van der Waals surface area (Å²) < 4.78 is 14.1. The Kier molecular flexibility index (Phi) is 5.45. The predicted molar refractivity (Wildman–Crippen MR) is 129 cm³/mol. The molecule has 1 heterocycles. The van der Waals surface area contributed by atoms with Gasteiger partial charge in [-0.25, -0.2) is 0 Å². The van der Waals surface area contributed by atoms with E-state index >= 15 is 0 Å². The molecule has 0 radical (unpaired) electrons. The van der Waals surface area contributed by atoms with Crippen molar-refractivity contribution in [3.8, 4) is 0 Å². The van der Waals surface area contributed by atoms with E-state index < -0.39 is 7.28 Å². The van der Waals surface area contributed by atoms with Gasteiger partial charge in [-0.1, -0.05) is 0 Å². The van der Waals surface area contributed by atoms with Crippen LogP contribution in [0.1, 0.15) is 29.0 Å². The molecule has 1 aliphatic carbocycles. The van der Waals surface area contributed by atoms with Crippen molar-refractivity contribution in [2.24, 2.45) is 5.92 Å². The van der Waals surface area contributed by atoms with Crippen molar-refractivity contribution in [1.29, 1.82) is 0 Å². The van der Waals surface area contributed by atoms with Crippen molar-refractivity contribution < 1.29 is 4.52 Å². The zero-order valence-corrected chi connectivity index (χ0v) is 20.3. The van der Waals surface area contributed by atoms with Crippen molar-refractivity contribution in [1.82, 2.24) is 14.0 Å². The number of hydrogen-bond acceptors (Lipinski definition) is 4. The number of aryl methyl sites for hydroxylation is 1. The fraction of sp³-hybridized carbons (Fsp3) is 0.440. The van der Waals surface area contributed by atoms with Gasteiger partial charge in [-0.05, 0) is 0 Å². The minimum atomic E-state index is -3.01. The summed E-state index contributed by atoms with van der Waals surface area (Å²) in [6.07, 6.45) is 3.76. The van der Waals surface area contributed by atoms with Gasteiger partial charge in [0.05, 0.1) is 0 Å². The quantitative estimate of drug-likeness (QED) is 0.574. The molecular weight excluding hydrogens is 389 g/mol. The van der Waals surface area contributed by atoms with Crippen LogP contribution in [0, 0.1) is 12.8 Å². The fourth-order valence-electron chi connectivity index (χ4n) is 5.51. The second-order valence-corrected chi connectivity index (χ2v) is 14.3. The van der Waals surface area contributed by atoms with E-state index in [0.717, 1.165) is 0 Å². The van der Waals surface area contributed by atoms with Crippen molar-refractivity contribution in [3.63, 3.8) is 0 Å². The minimum absolute atomic E-state index is 0.154. The van der Waals surface area contributed by atoms with Crippen molar-refractivity contribution >= 4 is 13.4 Å². The second-order valence-electron chi connectivity index (χ2n) is 9.37. The molecule has 0 N–H and O–H groups in total. The van der Waals surface area contributed by atoms with E-state index in [1.54, 1.807) is 0 Å². The van der Waals surface area contributed by atoms with Crippen molar-refractivity contribution in [2.45, 2.75) is 25.4 Å². The Labute approximate surface area is 182 Å². The van der Waals surface area contributed by atoms with Crippen LogP contribution >= 0.6 is 7.28 Å². The molecule has 1 saturated heterocycles. The van der Waals surface area contributed by atoms with Crippen LogP contribution < -0.4 is 0 Å². The van der Waals surface area contributed by atoms with Crippen LogP contribution in [0.4, 0.5) is 0 Å². The van der Waals surface area contributed by atoms with Gasteiger partial charge in [-0.2, -0.15) is 0 Å². The molecule has 0 amide bonds. The first kappa shape index (κ1) is 21.7. The van der Waals surface area contributed by atoms with Crippen LogP contribution in [-0.4, -0.2) is 62.4 Å². The van der Waals surface area contributed by atoms with Crippen LogP contribution in [0.25, 0.3) is 6.08 Å². The van der Waals surface area contributed by atoms with Gasteiger partial charge in [0.1, 0.15) is 0 Å². The third kappa shape index (κ3) is 2.93. The van der Waals surface area contributed by atoms with E-state index in [-0.39, 0.29) is 6.10 Å². The van der Waals surface area contributed by atoms with Crippen molar-refractivity contribution in [3.05, 3.63) is 76.6 Å². The first-order valence-corrected chi connectivity index (χ1v) is 12.8. The van der Waals surface area contributed by atoms with E-state index in [0.29, 0.717) is 11.8 Å². The zero-order chi connectivity index (χ0) is 21.7. The van der Waals surface area contributed by atoms with Gasteiger partial charge < -0.3 is 0 Å². The molecule has 0 bridgehead atoms. The molecule has 5 heteroatoms. The molecule has 4 nitrogen and oxygen atoms in total. The summed E-state index contributed by atoms with van der Waals surface area (Å²) in [5, 5.41) is 1.44. The molecule has 0 aromatic heterocycles.